The first kappa shape index (κ1) is 38.6. The van der Waals surface area contributed by atoms with E-state index in [0.717, 1.165) is 26.1 Å². The molecule has 0 aliphatic heterocycles. The number of carbonyl (C=O) groups excluding carboxylic acids is 1. The third kappa shape index (κ3) is 40.1. The lowest BCUT2D eigenvalue weighted by Gasteiger charge is -2.06. The van der Waals surface area contributed by atoms with Crippen LogP contribution in [-0.2, 0) is 14.3 Å². The van der Waals surface area contributed by atoms with Gasteiger partial charge in [0.1, 0.15) is 0 Å². The molecule has 0 spiro atoms. The number of unbranched alkanes of at least 4 members (excludes halogenated alkanes) is 23. The van der Waals surface area contributed by atoms with Crippen LogP contribution in [0.3, 0.4) is 0 Å². The topological polar surface area (TPSA) is 35.5 Å². The van der Waals surface area contributed by atoms with E-state index in [1.807, 2.05) is 13.8 Å². The summed E-state index contributed by atoms with van der Waals surface area (Å²) in [6, 6.07) is 0. The number of hydrogen-bond donors (Lipinski definition) is 0. The first-order valence-corrected chi connectivity index (χ1v) is 17.0. The van der Waals surface area contributed by atoms with Crippen molar-refractivity contribution in [2.45, 2.75) is 195 Å². The van der Waals surface area contributed by atoms with Gasteiger partial charge < -0.3 is 9.47 Å². The lowest BCUT2D eigenvalue weighted by Crippen LogP contribution is -2.05. The van der Waals surface area contributed by atoms with Gasteiger partial charge in [0.25, 0.3) is 0 Å². The highest BCUT2D eigenvalue weighted by molar-refractivity contribution is 5.69. The van der Waals surface area contributed by atoms with Gasteiger partial charge >= 0.3 is 5.97 Å². The molecule has 0 saturated heterocycles. The molecule has 0 unspecified atom stereocenters. The number of hydrogen-bond acceptors (Lipinski definition) is 3. The number of ether oxygens (including phenoxy) is 2. The van der Waals surface area contributed by atoms with E-state index in [1.54, 1.807) is 0 Å². The fraction of sp³-hybridized carbons (Fsp3) is 0.971. The maximum atomic E-state index is 11.8. The Morgan fingerprint density at radius 3 is 1.00 bits per heavy atom. The lowest BCUT2D eigenvalue weighted by atomic mass is 10.0. The summed E-state index contributed by atoms with van der Waals surface area (Å²) in [5.74, 6) is 0.0237. The molecule has 37 heavy (non-hydrogen) atoms. The van der Waals surface area contributed by atoms with Crippen molar-refractivity contribution in [1.29, 1.82) is 0 Å². The van der Waals surface area contributed by atoms with Crippen molar-refractivity contribution >= 4 is 5.97 Å². The zero-order valence-corrected chi connectivity index (χ0v) is 26.2. The van der Waals surface area contributed by atoms with Crippen molar-refractivity contribution in [3.05, 3.63) is 0 Å². The van der Waals surface area contributed by atoms with E-state index in [2.05, 4.69) is 13.8 Å². The zero-order chi connectivity index (χ0) is 27.5. The predicted molar refractivity (Wildman–Crippen MR) is 165 cm³/mol. The molecule has 0 radical (unpaired) electrons. The molecule has 224 valence electrons. The molecule has 0 heterocycles. The van der Waals surface area contributed by atoms with Crippen LogP contribution in [0.15, 0.2) is 0 Å². The summed E-state index contributed by atoms with van der Waals surface area (Å²) in [6.45, 7) is 10.9. The Morgan fingerprint density at radius 1 is 0.405 bits per heavy atom. The molecule has 0 fully saturated rings. The smallest absolute Gasteiger partial charge is 0.305 e. The zero-order valence-electron chi connectivity index (χ0n) is 26.2. The quantitative estimate of drug-likeness (QED) is 0.0718. The van der Waals surface area contributed by atoms with Crippen LogP contribution in [0.1, 0.15) is 195 Å². The molecule has 0 saturated carbocycles. The molecule has 0 aliphatic carbocycles. The second kappa shape index (κ2) is 37.6. The fourth-order valence-corrected chi connectivity index (χ4v) is 4.69. The van der Waals surface area contributed by atoms with Crippen LogP contribution in [-0.4, -0.2) is 25.8 Å². The molecule has 0 aromatic heterocycles. The Hall–Kier alpha value is -0.570. The normalized spacial score (nSPS) is 10.8. The monoisotopic (exact) mass is 527 g/mol. The third-order valence-electron chi connectivity index (χ3n) is 7.15. The van der Waals surface area contributed by atoms with E-state index in [0.29, 0.717) is 13.0 Å². The molecule has 0 amide bonds. The van der Waals surface area contributed by atoms with Gasteiger partial charge in [-0.2, -0.15) is 0 Å². The first-order chi connectivity index (χ1) is 18.2. The first-order valence-electron chi connectivity index (χ1n) is 17.0. The van der Waals surface area contributed by atoms with E-state index in [-0.39, 0.29) is 5.97 Å². The summed E-state index contributed by atoms with van der Waals surface area (Å²) >= 11 is 0. The fourth-order valence-electron chi connectivity index (χ4n) is 4.69. The van der Waals surface area contributed by atoms with E-state index >= 15 is 0 Å². The van der Waals surface area contributed by atoms with Gasteiger partial charge in [-0.3, -0.25) is 4.79 Å². The van der Waals surface area contributed by atoms with Gasteiger partial charge in [-0.1, -0.05) is 162 Å². The largest absolute Gasteiger partial charge is 0.466 e. The van der Waals surface area contributed by atoms with Crippen molar-refractivity contribution in [2.24, 2.45) is 0 Å². The maximum absolute atomic E-state index is 11.8. The van der Waals surface area contributed by atoms with Gasteiger partial charge in [-0.25, -0.2) is 0 Å². The second-order valence-electron chi connectivity index (χ2n) is 10.9. The summed E-state index contributed by atoms with van der Waals surface area (Å²) in [7, 11) is 0. The Kier molecular flexibility index (Phi) is 39.2. The molecule has 0 aromatic carbocycles. The molecular weight excluding hydrogens is 456 g/mol. The number of esters is 1. The van der Waals surface area contributed by atoms with Gasteiger partial charge in [0, 0.05) is 19.6 Å². The Morgan fingerprint density at radius 2 is 0.703 bits per heavy atom. The molecule has 0 aliphatic rings. The molecule has 0 aromatic rings. The Balaban J connectivity index is 0. The van der Waals surface area contributed by atoms with Crippen LogP contribution in [0.5, 0.6) is 0 Å². The average molecular weight is 527 g/mol. The van der Waals surface area contributed by atoms with Crippen LogP contribution < -0.4 is 0 Å². The van der Waals surface area contributed by atoms with Crippen molar-refractivity contribution in [2.75, 3.05) is 19.8 Å². The van der Waals surface area contributed by atoms with Crippen molar-refractivity contribution in [1.82, 2.24) is 0 Å². The SMILES string of the molecule is CCCCCCCCCCCCCCCCCC(=O)OCCCCCCCCCCCC.CCOCC. The van der Waals surface area contributed by atoms with E-state index in [9.17, 15) is 4.79 Å². The highest BCUT2D eigenvalue weighted by Gasteiger charge is 2.02. The van der Waals surface area contributed by atoms with Crippen LogP contribution in [0.4, 0.5) is 0 Å². The molecule has 0 bridgehead atoms. The van der Waals surface area contributed by atoms with Gasteiger partial charge in [0.2, 0.25) is 0 Å². The third-order valence-corrected chi connectivity index (χ3v) is 7.15. The summed E-state index contributed by atoms with van der Waals surface area (Å²) < 4.78 is 10.2. The van der Waals surface area contributed by atoms with Crippen LogP contribution in [0, 0.1) is 0 Å². The van der Waals surface area contributed by atoms with Crippen molar-refractivity contribution in [3.63, 3.8) is 0 Å². The Bertz CT molecular complexity index is 395. The maximum Gasteiger partial charge on any atom is 0.305 e. The van der Waals surface area contributed by atoms with Gasteiger partial charge in [-0.15, -0.1) is 0 Å². The lowest BCUT2D eigenvalue weighted by molar-refractivity contribution is -0.143. The molecule has 3 heteroatoms. The summed E-state index contributed by atoms with van der Waals surface area (Å²) in [6.07, 6.45) is 34.2. The molecule has 0 atom stereocenters. The van der Waals surface area contributed by atoms with Crippen molar-refractivity contribution < 1.29 is 14.3 Å². The minimum absolute atomic E-state index is 0.0237. The molecule has 0 rings (SSSR count). The van der Waals surface area contributed by atoms with Gasteiger partial charge in [0.05, 0.1) is 6.61 Å². The molecular formula is C34H70O3. The number of carbonyl (C=O) groups is 1. The van der Waals surface area contributed by atoms with Crippen LogP contribution in [0.25, 0.3) is 0 Å². The summed E-state index contributed by atoms with van der Waals surface area (Å²) in [4.78, 5) is 11.8. The van der Waals surface area contributed by atoms with Crippen LogP contribution >= 0.6 is 0 Å². The Labute approximate surface area is 234 Å². The average Bonchev–Trinajstić information content (AvgIpc) is 2.90. The van der Waals surface area contributed by atoms with E-state index in [1.165, 1.54) is 148 Å². The molecule has 3 nitrogen and oxygen atoms in total. The predicted octanol–water partition coefficient (Wildman–Crippen LogP) is 11.8. The standard InChI is InChI=1S/C30H60O2.C4H10O/c1-3-5-7-9-11-13-15-16-17-18-19-20-22-24-26-28-30(31)32-29-27-25-23-21-14-12-10-8-6-4-2;1-3-5-4-2/h3-29H2,1-2H3;3-4H2,1-2H3. The van der Waals surface area contributed by atoms with E-state index < -0.39 is 0 Å². The van der Waals surface area contributed by atoms with Crippen molar-refractivity contribution in [3.8, 4) is 0 Å². The number of rotatable bonds is 29. The van der Waals surface area contributed by atoms with Gasteiger partial charge in [0.15, 0.2) is 0 Å². The minimum atomic E-state index is 0.0237. The van der Waals surface area contributed by atoms with Gasteiger partial charge in [-0.05, 0) is 26.7 Å². The van der Waals surface area contributed by atoms with E-state index in [4.69, 9.17) is 9.47 Å². The summed E-state index contributed by atoms with van der Waals surface area (Å²) in [5.41, 5.74) is 0. The summed E-state index contributed by atoms with van der Waals surface area (Å²) in [5, 5.41) is 0. The molecule has 0 N–H and O–H groups in total. The van der Waals surface area contributed by atoms with Crippen LogP contribution in [0.2, 0.25) is 0 Å². The highest BCUT2D eigenvalue weighted by atomic mass is 16.5. The second-order valence-corrected chi connectivity index (χ2v) is 10.9. The highest BCUT2D eigenvalue weighted by Crippen LogP contribution is 2.14. The minimum Gasteiger partial charge on any atom is -0.466 e.